The van der Waals surface area contributed by atoms with Gasteiger partial charge in [0, 0.05) is 26.3 Å². The van der Waals surface area contributed by atoms with Gasteiger partial charge in [-0.15, -0.1) is 0 Å². The highest BCUT2D eigenvalue weighted by atomic mass is 16.5. The van der Waals surface area contributed by atoms with E-state index in [1.54, 1.807) is 14.0 Å². The van der Waals surface area contributed by atoms with Crippen LogP contribution in [0.5, 0.6) is 0 Å². The van der Waals surface area contributed by atoms with E-state index in [1.165, 1.54) is 0 Å². The van der Waals surface area contributed by atoms with Gasteiger partial charge in [-0.3, -0.25) is 0 Å². The van der Waals surface area contributed by atoms with Crippen LogP contribution in [0.2, 0.25) is 0 Å². The number of aliphatic hydroxyl groups excluding tert-OH is 1. The Hall–Kier alpha value is -1.40. The first-order valence-corrected chi connectivity index (χ1v) is 7.18. The molecule has 114 valence electrons. The molecule has 0 fully saturated rings. The molecule has 1 atom stereocenters. The predicted molar refractivity (Wildman–Crippen MR) is 80.9 cm³/mol. The second-order valence-electron chi connectivity index (χ2n) is 4.83. The molecule has 0 aromatic carbocycles. The lowest BCUT2D eigenvalue weighted by atomic mass is 10.2. The zero-order valence-electron chi connectivity index (χ0n) is 12.6. The van der Waals surface area contributed by atoms with Crippen molar-refractivity contribution in [3.05, 3.63) is 11.9 Å². The van der Waals surface area contributed by atoms with Crippen molar-refractivity contribution >= 4 is 11.6 Å². The van der Waals surface area contributed by atoms with Crippen LogP contribution >= 0.6 is 0 Å². The highest BCUT2D eigenvalue weighted by molar-refractivity contribution is 5.47. The van der Waals surface area contributed by atoms with Crippen LogP contribution in [-0.2, 0) is 11.3 Å². The maximum absolute atomic E-state index is 9.22. The summed E-state index contributed by atoms with van der Waals surface area (Å²) in [4.78, 5) is 8.79. The van der Waals surface area contributed by atoms with Crippen molar-refractivity contribution in [1.82, 2.24) is 9.97 Å². The minimum Gasteiger partial charge on any atom is -0.393 e. The Morgan fingerprint density at radius 2 is 1.90 bits per heavy atom. The zero-order chi connectivity index (χ0) is 14.8. The summed E-state index contributed by atoms with van der Waals surface area (Å²) in [5.41, 5.74) is 0. The van der Waals surface area contributed by atoms with Crippen molar-refractivity contribution in [2.45, 2.75) is 45.8 Å². The molecular formula is C14H26N4O2. The van der Waals surface area contributed by atoms with Gasteiger partial charge in [0.1, 0.15) is 18.2 Å². The third-order valence-electron chi connectivity index (χ3n) is 2.71. The Morgan fingerprint density at radius 1 is 1.25 bits per heavy atom. The van der Waals surface area contributed by atoms with Crippen molar-refractivity contribution < 1.29 is 9.84 Å². The third kappa shape index (κ3) is 6.68. The second kappa shape index (κ2) is 9.50. The molecule has 20 heavy (non-hydrogen) atoms. The molecule has 1 unspecified atom stereocenters. The summed E-state index contributed by atoms with van der Waals surface area (Å²) in [6, 6.07) is 1.90. The molecule has 0 saturated carbocycles. The van der Waals surface area contributed by atoms with Crippen LogP contribution in [0.3, 0.4) is 0 Å². The van der Waals surface area contributed by atoms with Crippen LogP contribution in [0.1, 0.15) is 38.9 Å². The van der Waals surface area contributed by atoms with E-state index < -0.39 is 0 Å². The first-order valence-electron chi connectivity index (χ1n) is 7.18. The van der Waals surface area contributed by atoms with Gasteiger partial charge in [0.25, 0.3) is 0 Å². The number of nitrogens with one attached hydrogen (secondary N) is 2. The Bertz CT molecular complexity index is 385. The molecule has 0 bridgehead atoms. The molecule has 0 amide bonds. The summed E-state index contributed by atoms with van der Waals surface area (Å²) in [5.74, 6) is 2.26. The Labute approximate surface area is 121 Å². The number of methoxy groups -OCH3 is 1. The largest absolute Gasteiger partial charge is 0.393 e. The molecule has 0 aliphatic carbocycles. The molecule has 0 saturated heterocycles. The maximum Gasteiger partial charge on any atom is 0.158 e. The number of hydrogen-bond acceptors (Lipinski definition) is 6. The molecule has 0 radical (unpaired) electrons. The number of hydrogen-bond donors (Lipinski definition) is 3. The molecule has 1 aromatic heterocycles. The summed E-state index contributed by atoms with van der Waals surface area (Å²) in [6.07, 6.45) is 2.47. The zero-order valence-corrected chi connectivity index (χ0v) is 12.6. The van der Waals surface area contributed by atoms with Gasteiger partial charge in [0.05, 0.1) is 6.10 Å². The van der Waals surface area contributed by atoms with Crippen LogP contribution < -0.4 is 10.6 Å². The number of aliphatic hydroxyl groups is 1. The summed E-state index contributed by atoms with van der Waals surface area (Å²) in [7, 11) is 1.63. The molecule has 0 spiro atoms. The minimum absolute atomic E-state index is 0.256. The standard InChI is InChI=1S/C14H26N4O2/c1-4-7-15-12-9-13(16-8-5-6-11(2)19)18-14(17-12)10-20-3/h9,11,19H,4-8,10H2,1-3H3,(H2,15,16,17,18). The van der Waals surface area contributed by atoms with E-state index in [0.717, 1.165) is 44.0 Å². The Kier molecular flexibility index (Phi) is 7.91. The molecule has 1 heterocycles. The van der Waals surface area contributed by atoms with Gasteiger partial charge in [0.15, 0.2) is 5.82 Å². The van der Waals surface area contributed by atoms with Crippen molar-refractivity contribution in [3.63, 3.8) is 0 Å². The maximum atomic E-state index is 9.22. The molecule has 6 heteroatoms. The van der Waals surface area contributed by atoms with Crippen molar-refractivity contribution in [3.8, 4) is 0 Å². The fraction of sp³-hybridized carbons (Fsp3) is 0.714. The quantitative estimate of drug-likeness (QED) is 0.570. The van der Waals surface area contributed by atoms with Gasteiger partial charge >= 0.3 is 0 Å². The van der Waals surface area contributed by atoms with E-state index in [4.69, 9.17) is 4.74 Å². The van der Waals surface area contributed by atoms with Crippen LogP contribution in [0.15, 0.2) is 6.07 Å². The van der Waals surface area contributed by atoms with E-state index in [9.17, 15) is 5.11 Å². The monoisotopic (exact) mass is 282 g/mol. The SMILES string of the molecule is CCCNc1cc(NCCCC(C)O)nc(COC)n1. The normalized spacial score (nSPS) is 12.2. The fourth-order valence-corrected chi connectivity index (χ4v) is 1.74. The van der Waals surface area contributed by atoms with Gasteiger partial charge in [-0.25, -0.2) is 9.97 Å². The molecule has 0 aliphatic rings. The topological polar surface area (TPSA) is 79.3 Å². The fourth-order valence-electron chi connectivity index (χ4n) is 1.74. The molecule has 0 aliphatic heterocycles. The smallest absolute Gasteiger partial charge is 0.158 e. The number of rotatable bonds is 10. The van der Waals surface area contributed by atoms with Crippen LogP contribution in [0.25, 0.3) is 0 Å². The van der Waals surface area contributed by atoms with Crippen LogP contribution in [-0.4, -0.2) is 41.4 Å². The van der Waals surface area contributed by atoms with Gasteiger partial charge in [-0.1, -0.05) is 6.92 Å². The Balaban J connectivity index is 2.60. The average Bonchev–Trinajstić information content (AvgIpc) is 2.41. The lowest BCUT2D eigenvalue weighted by Crippen LogP contribution is -2.11. The van der Waals surface area contributed by atoms with Crippen LogP contribution in [0, 0.1) is 0 Å². The highest BCUT2D eigenvalue weighted by Gasteiger charge is 2.04. The molecule has 6 nitrogen and oxygen atoms in total. The van der Waals surface area contributed by atoms with E-state index in [-0.39, 0.29) is 6.10 Å². The average molecular weight is 282 g/mol. The van der Waals surface area contributed by atoms with E-state index >= 15 is 0 Å². The van der Waals surface area contributed by atoms with Crippen molar-refractivity contribution in [2.24, 2.45) is 0 Å². The Morgan fingerprint density at radius 3 is 2.45 bits per heavy atom. The summed E-state index contributed by atoms with van der Waals surface area (Å²) >= 11 is 0. The van der Waals surface area contributed by atoms with E-state index in [2.05, 4.69) is 27.5 Å². The van der Waals surface area contributed by atoms with E-state index in [1.807, 2.05) is 6.07 Å². The second-order valence-corrected chi connectivity index (χ2v) is 4.83. The first-order chi connectivity index (χ1) is 9.65. The highest BCUT2D eigenvalue weighted by Crippen LogP contribution is 2.12. The van der Waals surface area contributed by atoms with Crippen LogP contribution in [0.4, 0.5) is 11.6 Å². The van der Waals surface area contributed by atoms with Crippen molar-refractivity contribution in [2.75, 3.05) is 30.8 Å². The predicted octanol–water partition coefficient (Wildman–Crippen LogP) is 2.02. The summed E-state index contributed by atoms with van der Waals surface area (Å²) in [6.45, 7) is 5.96. The van der Waals surface area contributed by atoms with Gasteiger partial charge < -0.3 is 20.5 Å². The van der Waals surface area contributed by atoms with E-state index in [0.29, 0.717) is 12.4 Å². The number of nitrogens with zero attached hydrogens (tertiary/aromatic N) is 2. The molecular weight excluding hydrogens is 256 g/mol. The molecule has 1 rings (SSSR count). The van der Waals surface area contributed by atoms with Gasteiger partial charge in [-0.2, -0.15) is 0 Å². The number of anilines is 2. The minimum atomic E-state index is -0.256. The number of ether oxygens (including phenoxy) is 1. The van der Waals surface area contributed by atoms with Gasteiger partial charge in [0.2, 0.25) is 0 Å². The third-order valence-corrected chi connectivity index (χ3v) is 2.71. The first kappa shape index (κ1) is 16.7. The lowest BCUT2D eigenvalue weighted by molar-refractivity contribution is 0.178. The lowest BCUT2D eigenvalue weighted by Gasteiger charge is -2.11. The number of aromatic nitrogens is 2. The molecule has 3 N–H and O–H groups in total. The molecule has 1 aromatic rings. The van der Waals surface area contributed by atoms with Gasteiger partial charge in [-0.05, 0) is 26.2 Å². The van der Waals surface area contributed by atoms with Crippen molar-refractivity contribution in [1.29, 1.82) is 0 Å². The summed E-state index contributed by atoms with van der Waals surface area (Å²) < 4.78 is 5.09. The summed E-state index contributed by atoms with van der Waals surface area (Å²) in [5, 5.41) is 15.7.